The second kappa shape index (κ2) is 8.47. The number of hydrogen-bond donors (Lipinski definition) is 0. The van der Waals surface area contributed by atoms with Gasteiger partial charge < -0.3 is 9.47 Å². The summed E-state index contributed by atoms with van der Waals surface area (Å²) in [5.41, 5.74) is 1.03. The molecule has 134 valence electrons. The Labute approximate surface area is 143 Å². The normalized spacial score (nSPS) is 16.9. The lowest BCUT2D eigenvalue weighted by Crippen LogP contribution is -2.49. The fourth-order valence-electron chi connectivity index (χ4n) is 3.63. The first-order valence-corrected chi connectivity index (χ1v) is 8.85. The average Bonchev–Trinajstić information content (AvgIpc) is 2.61. The van der Waals surface area contributed by atoms with E-state index in [2.05, 4.69) is 25.7 Å². The lowest BCUT2D eigenvalue weighted by molar-refractivity contribution is 0.0582. The number of carbonyl (C=O) groups excluding carboxylic acids is 1. The molecule has 0 fully saturated rings. The summed E-state index contributed by atoms with van der Waals surface area (Å²) in [7, 11) is 1.34. The highest BCUT2D eigenvalue weighted by Crippen LogP contribution is 2.33. The number of halogens is 1. The first-order chi connectivity index (χ1) is 11.6. The van der Waals surface area contributed by atoms with Crippen LogP contribution in [0.3, 0.4) is 0 Å². The molecule has 1 aliphatic rings. The zero-order valence-corrected chi connectivity index (χ0v) is 15.1. The number of benzene rings is 1. The van der Waals surface area contributed by atoms with Crippen LogP contribution < -0.4 is 4.74 Å². The molecule has 1 heterocycles. The monoisotopic (exact) mass is 337 g/mol. The van der Waals surface area contributed by atoms with E-state index in [0.29, 0.717) is 30.2 Å². The SMILES string of the molecule is CCCN(C(CC)CC)[C@H]1COc2c(F)ccc(C(=O)OC)c2C1. The second-order valence-electron chi connectivity index (χ2n) is 6.27. The van der Waals surface area contributed by atoms with Crippen LogP contribution in [0, 0.1) is 5.82 Å². The standard InChI is InChI=1S/C19H28FNO3/c1-5-10-21(13(6-2)7-3)14-11-16-15(19(22)23-4)8-9-17(20)18(16)24-12-14/h8-9,13-14H,5-7,10-12H2,1-4H3/t14-/m1/s1. The lowest BCUT2D eigenvalue weighted by atomic mass is 9.94. The van der Waals surface area contributed by atoms with Gasteiger partial charge in [0, 0.05) is 17.6 Å². The largest absolute Gasteiger partial charge is 0.489 e. The van der Waals surface area contributed by atoms with Gasteiger partial charge in [-0.05, 0) is 44.4 Å². The quantitative estimate of drug-likeness (QED) is 0.709. The Balaban J connectivity index is 2.35. The minimum absolute atomic E-state index is 0.146. The van der Waals surface area contributed by atoms with Gasteiger partial charge in [0.15, 0.2) is 11.6 Å². The fraction of sp³-hybridized carbons (Fsp3) is 0.632. The van der Waals surface area contributed by atoms with Crippen LogP contribution in [0.2, 0.25) is 0 Å². The van der Waals surface area contributed by atoms with Gasteiger partial charge in [-0.25, -0.2) is 9.18 Å². The highest BCUT2D eigenvalue weighted by atomic mass is 19.1. The minimum Gasteiger partial charge on any atom is -0.489 e. The summed E-state index contributed by atoms with van der Waals surface area (Å²) in [5.74, 6) is -0.657. The van der Waals surface area contributed by atoms with E-state index in [0.717, 1.165) is 25.8 Å². The van der Waals surface area contributed by atoms with Crippen LogP contribution in [0.5, 0.6) is 5.75 Å². The van der Waals surface area contributed by atoms with Gasteiger partial charge in [0.25, 0.3) is 0 Å². The zero-order valence-electron chi connectivity index (χ0n) is 15.1. The molecule has 0 N–H and O–H groups in total. The van der Waals surface area contributed by atoms with Crippen LogP contribution in [-0.4, -0.2) is 43.2 Å². The van der Waals surface area contributed by atoms with Crippen molar-refractivity contribution in [2.24, 2.45) is 0 Å². The summed E-state index contributed by atoms with van der Waals surface area (Å²) in [4.78, 5) is 14.5. The minimum atomic E-state index is -0.444. The van der Waals surface area contributed by atoms with E-state index in [1.807, 2.05) is 0 Å². The molecule has 0 radical (unpaired) electrons. The Morgan fingerprint density at radius 1 is 1.38 bits per heavy atom. The van der Waals surface area contributed by atoms with Gasteiger partial charge in [-0.3, -0.25) is 4.90 Å². The number of carbonyl (C=O) groups is 1. The molecular weight excluding hydrogens is 309 g/mol. The van der Waals surface area contributed by atoms with Gasteiger partial charge in [0.2, 0.25) is 0 Å². The number of methoxy groups -OCH3 is 1. The molecule has 24 heavy (non-hydrogen) atoms. The third-order valence-electron chi connectivity index (χ3n) is 4.84. The maximum Gasteiger partial charge on any atom is 0.338 e. The smallest absolute Gasteiger partial charge is 0.338 e. The van der Waals surface area contributed by atoms with Crippen molar-refractivity contribution in [3.8, 4) is 5.75 Å². The molecule has 1 aliphatic heterocycles. The first-order valence-electron chi connectivity index (χ1n) is 8.85. The van der Waals surface area contributed by atoms with Crippen LogP contribution in [0.15, 0.2) is 12.1 Å². The van der Waals surface area contributed by atoms with Crippen molar-refractivity contribution >= 4 is 5.97 Å². The van der Waals surface area contributed by atoms with Crippen molar-refractivity contribution in [3.63, 3.8) is 0 Å². The van der Waals surface area contributed by atoms with E-state index < -0.39 is 11.8 Å². The molecule has 5 heteroatoms. The Morgan fingerprint density at radius 2 is 2.08 bits per heavy atom. The lowest BCUT2D eigenvalue weighted by Gasteiger charge is -2.40. The first kappa shape index (κ1) is 18.7. The topological polar surface area (TPSA) is 38.8 Å². The van der Waals surface area contributed by atoms with Crippen LogP contribution in [0.4, 0.5) is 4.39 Å². The van der Waals surface area contributed by atoms with E-state index in [-0.39, 0.29) is 11.8 Å². The molecule has 0 saturated carbocycles. The zero-order chi connectivity index (χ0) is 17.7. The second-order valence-corrected chi connectivity index (χ2v) is 6.27. The molecule has 0 bridgehead atoms. The van der Waals surface area contributed by atoms with Gasteiger partial charge in [-0.1, -0.05) is 20.8 Å². The van der Waals surface area contributed by atoms with Crippen molar-refractivity contribution in [3.05, 3.63) is 29.1 Å². The summed E-state index contributed by atoms with van der Waals surface area (Å²) in [5, 5.41) is 0. The third-order valence-corrected chi connectivity index (χ3v) is 4.84. The van der Waals surface area contributed by atoms with Crippen molar-refractivity contribution in [1.82, 2.24) is 4.90 Å². The Hall–Kier alpha value is -1.62. The number of ether oxygens (including phenoxy) is 2. The molecule has 0 aliphatic carbocycles. The maximum atomic E-state index is 14.1. The molecular formula is C19H28FNO3. The third kappa shape index (κ3) is 3.72. The summed E-state index contributed by atoms with van der Waals surface area (Å²) < 4.78 is 24.7. The fourth-order valence-corrected chi connectivity index (χ4v) is 3.63. The van der Waals surface area contributed by atoms with Gasteiger partial charge in [-0.15, -0.1) is 0 Å². The summed E-state index contributed by atoms with van der Waals surface area (Å²) >= 11 is 0. The molecule has 0 aromatic heterocycles. The number of rotatable bonds is 7. The predicted octanol–water partition coefficient (Wildman–Crippen LogP) is 3.82. The molecule has 0 amide bonds. The summed E-state index contributed by atoms with van der Waals surface area (Å²) in [6.07, 6.45) is 3.78. The van der Waals surface area contributed by atoms with Gasteiger partial charge in [0.05, 0.1) is 12.7 Å². The van der Waals surface area contributed by atoms with Crippen LogP contribution in [0.25, 0.3) is 0 Å². The predicted molar refractivity (Wildman–Crippen MR) is 92.1 cm³/mol. The molecule has 1 atom stereocenters. The molecule has 1 aromatic carbocycles. The van der Waals surface area contributed by atoms with E-state index >= 15 is 0 Å². The summed E-state index contributed by atoms with van der Waals surface area (Å²) in [6.45, 7) is 7.96. The molecule has 1 aromatic rings. The Morgan fingerprint density at radius 3 is 2.67 bits per heavy atom. The van der Waals surface area contributed by atoms with Crippen molar-refractivity contribution in [2.75, 3.05) is 20.3 Å². The molecule has 0 spiro atoms. The maximum absolute atomic E-state index is 14.1. The van der Waals surface area contributed by atoms with Gasteiger partial charge in [0.1, 0.15) is 6.61 Å². The number of esters is 1. The molecule has 0 saturated heterocycles. The number of nitrogens with zero attached hydrogens (tertiary/aromatic N) is 1. The number of hydrogen-bond acceptors (Lipinski definition) is 4. The molecule has 0 unspecified atom stereocenters. The number of fused-ring (bicyclic) bond motifs is 1. The van der Waals surface area contributed by atoms with Crippen molar-refractivity contribution < 1.29 is 18.7 Å². The van der Waals surface area contributed by atoms with Crippen LogP contribution in [0.1, 0.15) is 56.0 Å². The Bertz CT molecular complexity index is 572. The van der Waals surface area contributed by atoms with Gasteiger partial charge >= 0.3 is 5.97 Å². The average molecular weight is 337 g/mol. The van der Waals surface area contributed by atoms with Crippen LogP contribution >= 0.6 is 0 Å². The van der Waals surface area contributed by atoms with E-state index in [9.17, 15) is 9.18 Å². The molecule has 4 nitrogen and oxygen atoms in total. The highest BCUT2D eigenvalue weighted by Gasteiger charge is 2.32. The molecule has 2 rings (SSSR count). The van der Waals surface area contributed by atoms with Gasteiger partial charge in [-0.2, -0.15) is 0 Å². The van der Waals surface area contributed by atoms with Crippen molar-refractivity contribution in [1.29, 1.82) is 0 Å². The van der Waals surface area contributed by atoms with E-state index in [1.165, 1.54) is 19.2 Å². The van der Waals surface area contributed by atoms with Crippen LogP contribution in [-0.2, 0) is 11.2 Å². The van der Waals surface area contributed by atoms with E-state index in [1.54, 1.807) is 0 Å². The highest BCUT2D eigenvalue weighted by molar-refractivity contribution is 5.92. The Kier molecular flexibility index (Phi) is 6.60. The van der Waals surface area contributed by atoms with E-state index in [4.69, 9.17) is 9.47 Å². The summed E-state index contributed by atoms with van der Waals surface area (Å²) in [6, 6.07) is 3.38. The van der Waals surface area contributed by atoms with Crippen molar-refractivity contribution in [2.45, 2.75) is 58.5 Å².